The van der Waals surface area contributed by atoms with Crippen LogP contribution < -0.4 is 5.43 Å². The summed E-state index contributed by atoms with van der Waals surface area (Å²) in [6, 6.07) is 9.47. The SMILES string of the molecule is Cn1cccc1C=C1SC(=S)N(NC(=O)c2ccc(O)cc2)C1=O. The van der Waals surface area contributed by atoms with Gasteiger partial charge >= 0.3 is 0 Å². The van der Waals surface area contributed by atoms with Gasteiger partial charge in [0.05, 0.1) is 4.91 Å². The van der Waals surface area contributed by atoms with Crippen LogP contribution in [0.5, 0.6) is 5.75 Å². The lowest BCUT2D eigenvalue weighted by molar-refractivity contribution is -0.123. The zero-order chi connectivity index (χ0) is 17.3. The summed E-state index contributed by atoms with van der Waals surface area (Å²) >= 11 is 6.31. The molecule has 24 heavy (non-hydrogen) atoms. The molecule has 8 heteroatoms. The minimum atomic E-state index is -0.480. The normalized spacial score (nSPS) is 16.0. The van der Waals surface area contributed by atoms with Gasteiger partial charge in [-0.2, -0.15) is 5.01 Å². The fourth-order valence-corrected chi connectivity index (χ4v) is 3.27. The summed E-state index contributed by atoms with van der Waals surface area (Å²) in [6.07, 6.45) is 3.60. The first-order valence-electron chi connectivity index (χ1n) is 6.95. The van der Waals surface area contributed by atoms with Gasteiger partial charge in [0.25, 0.3) is 11.8 Å². The molecule has 6 nitrogen and oxygen atoms in total. The highest BCUT2D eigenvalue weighted by molar-refractivity contribution is 8.26. The van der Waals surface area contributed by atoms with E-state index in [9.17, 15) is 14.7 Å². The van der Waals surface area contributed by atoms with Crippen LogP contribution in [0.25, 0.3) is 6.08 Å². The molecule has 0 unspecified atom stereocenters. The van der Waals surface area contributed by atoms with E-state index in [0.29, 0.717) is 10.5 Å². The molecule has 1 saturated heterocycles. The number of hydrazine groups is 1. The number of amides is 2. The maximum atomic E-state index is 12.5. The van der Waals surface area contributed by atoms with Gasteiger partial charge < -0.3 is 9.67 Å². The van der Waals surface area contributed by atoms with E-state index in [1.807, 2.05) is 29.9 Å². The van der Waals surface area contributed by atoms with Crippen molar-refractivity contribution >= 4 is 46.2 Å². The van der Waals surface area contributed by atoms with Crippen molar-refractivity contribution in [1.82, 2.24) is 15.0 Å². The second-order valence-electron chi connectivity index (χ2n) is 5.05. The van der Waals surface area contributed by atoms with Crippen LogP contribution in [0, 0.1) is 0 Å². The summed E-state index contributed by atoms with van der Waals surface area (Å²) in [7, 11) is 1.87. The summed E-state index contributed by atoms with van der Waals surface area (Å²) in [6.45, 7) is 0. The van der Waals surface area contributed by atoms with Crippen molar-refractivity contribution in [3.8, 4) is 5.75 Å². The van der Waals surface area contributed by atoms with E-state index in [4.69, 9.17) is 12.2 Å². The van der Waals surface area contributed by atoms with Crippen molar-refractivity contribution in [2.24, 2.45) is 7.05 Å². The third kappa shape index (κ3) is 3.19. The first kappa shape index (κ1) is 16.3. The third-order valence-corrected chi connectivity index (χ3v) is 4.70. The first-order chi connectivity index (χ1) is 11.5. The predicted octanol–water partition coefficient (Wildman–Crippen LogP) is 2.28. The number of carbonyl (C=O) groups is 2. The molecule has 2 amide bonds. The Labute approximate surface area is 147 Å². The molecule has 0 radical (unpaired) electrons. The molecule has 1 aliphatic heterocycles. The summed E-state index contributed by atoms with van der Waals surface area (Å²) in [4.78, 5) is 25.1. The van der Waals surface area contributed by atoms with Crippen molar-refractivity contribution in [3.05, 3.63) is 58.8 Å². The molecule has 1 aromatic carbocycles. The Kier molecular flexibility index (Phi) is 4.41. The molecule has 3 rings (SSSR count). The highest BCUT2D eigenvalue weighted by atomic mass is 32.2. The van der Waals surface area contributed by atoms with E-state index in [0.717, 1.165) is 22.5 Å². The lowest BCUT2D eigenvalue weighted by Crippen LogP contribution is -2.44. The van der Waals surface area contributed by atoms with Gasteiger partial charge in [-0.1, -0.05) is 11.8 Å². The fourth-order valence-electron chi connectivity index (χ4n) is 2.10. The second kappa shape index (κ2) is 6.50. The molecule has 0 spiro atoms. The number of benzene rings is 1. The van der Waals surface area contributed by atoms with Crippen molar-refractivity contribution in [1.29, 1.82) is 0 Å². The number of hydrogen-bond donors (Lipinski definition) is 2. The van der Waals surface area contributed by atoms with Crippen LogP contribution in [0.2, 0.25) is 0 Å². The average Bonchev–Trinajstić information content (AvgIpc) is 3.07. The van der Waals surface area contributed by atoms with Crippen LogP contribution in [0.15, 0.2) is 47.5 Å². The van der Waals surface area contributed by atoms with Crippen LogP contribution in [0.4, 0.5) is 0 Å². The van der Waals surface area contributed by atoms with E-state index in [1.165, 1.54) is 24.3 Å². The van der Waals surface area contributed by atoms with Gasteiger partial charge in [0, 0.05) is 24.5 Å². The number of phenols is 1. The van der Waals surface area contributed by atoms with Gasteiger partial charge in [-0.25, -0.2) is 0 Å². The molecule has 1 aliphatic rings. The molecule has 1 aromatic heterocycles. The van der Waals surface area contributed by atoms with Gasteiger partial charge in [0.1, 0.15) is 5.75 Å². The van der Waals surface area contributed by atoms with Crippen LogP contribution in [0.1, 0.15) is 16.1 Å². The Balaban J connectivity index is 1.77. The average molecular weight is 359 g/mol. The van der Waals surface area contributed by atoms with E-state index < -0.39 is 5.91 Å². The molecule has 1 fully saturated rings. The second-order valence-corrected chi connectivity index (χ2v) is 6.72. The molecule has 2 heterocycles. The maximum Gasteiger partial charge on any atom is 0.285 e. The molecular weight excluding hydrogens is 346 g/mol. The zero-order valence-corrected chi connectivity index (χ0v) is 14.2. The van der Waals surface area contributed by atoms with Gasteiger partial charge in [-0.15, -0.1) is 0 Å². The molecule has 0 bridgehead atoms. The Morgan fingerprint density at radius 3 is 2.62 bits per heavy atom. The Bertz CT molecular complexity index is 856. The maximum absolute atomic E-state index is 12.5. The number of aromatic hydroxyl groups is 1. The molecule has 2 aromatic rings. The highest BCUT2D eigenvalue weighted by Gasteiger charge is 2.33. The number of nitrogens with zero attached hydrogens (tertiary/aromatic N) is 2. The number of phenolic OH excluding ortho intramolecular Hbond substituents is 1. The minimum absolute atomic E-state index is 0.0580. The van der Waals surface area contributed by atoms with Gasteiger partial charge in [0.15, 0.2) is 4.32 Å². The molecule has 0 aliphatic carbocycles. The smallest absolute Gasteiger partial charge is 0.285 e. The van der Waals surface area contributed by atoms with Crippen molar-refractivity contribution in [3.63, 3.8) is 0 Å². The predicted molar refractivity (Wildman–Crippen MR) is 96.0 cm³/mol. The molecular formula is C16H13N3O3S2. The number of carbonyl (C=O) groups excluding carboxylic acids is 2. The molecule has 122 valence electrons. The highest BCUT2D eigenvalue weighted by Crippen LogP contribution is 2.31. The Hall–Kier alpha value is -2.58. The Morgan fingerprint density at radius 2 is 2.00 bits per heavy atom. The first-order valence-corrected chi connectivity index (χ1v) is 8.17. The standard InChI is InChI=1S/C16H13N3O3S2/c1-18-8-2-3-11(18)9-13-15(22)19(16(23)24-13)17-14(21)10-4-6-12(20)7-5-10/h2-9,20H,1H3,(H,17,21). The topological polar surface area (TPSA) is 74.6 Å². The number of thioether (sulfide) groups is 1. The lowest BCUT2D eigenvalue weighted by Gasteiger charge is -2.15. The number of hydrogen-bond acceptors (Lipinski definition) is 5. The minimum Gasteiger partial charge on any atom is -0.508 e. The van der Waals surface area contributed by atoms with E-state index in [1.54, 1.807) is 6.08 Å². The quantitative estimate of drug-likeness (QED) is 0.650. The lowest BCUT2D eigenvalue weighted by atomic mass is 10.2. The Morgan fingerprint density at radius 1 is 1.29 bits per heavy atom. The molecule has 0 atom stereocenters. The summed E-state index contributed by atoms with van der Waals surface area (Å²) in [5.74, 6) is -0.799. The monoisotopic (exact) mass is 359 g/mol. The van der Waals surface area contributed by atoms with Gasteiger partial charge in [-0.05, 0) is 54.7 Å². The van der Waals surface area contributed by atoms with E-state index >= 15 is 0 Å². The number of rotatable bonds is 3. The summed E-state index contributed by atoms with van der Waals surface area (Å²) < 4.78 is 2.13. The van der Waals surface area contributed by atoms with Crippen LogP contribution in [-0.4, -0.2) is 30.8 Å². The molecule has 2 N–H and O–H groups in total. The third-order valence-electron chi connectivity index (χ3n) is 3.40. The van der Waals surface area contributed by atoms with Gasteiger partial charge in [0.2, 0.25) is 0 Å². The number of nitrogens with one attached hydrogen (secondary N) is 1. The van der Waals surface area contributed by atoms with Crippen LogP contribution in [-0.2, 0) is 11.8 Å². The van der Waals surface area contributed by atoms with Crippen molar-refractivity contribution < 1.29 is 14.7 Å². The fraction of sp³-hybridized carbons (Fsp3) is 0.0625. The van der Waals surface area contributed by atoms with E-state index in [2.05, 4.69) is 5.43 Å². The van der Waals surface area contributed by atoms with E-state index in [-0.39, 0.29) is 16.0 Å². The van der Waals surface area contributed by atoms with Gasteiger partial charge in [-0.3, -0.25) is 15.0 Å². The van der Waals surface area contributed by atoms with Crippen molar-refractivity contribution in [2.75, 3.05) is 0 Å². The zero-order valence-electron chi connectivity index (χ0n) is 12.6. The summed E-state index contributed by atoms with van der Waals surface area (Å²) in [5.41, 5.74) is 3.67. The molecule has 0 saturated carbocycles. The summed E-state index contributed by atoms with van der Waals surface area (Å²) in [5, 5.41) is 10.3. The number of aromatic nitrogens is 1. The number of aryl methyl sites for hydroxylation is 1. The van der Waals surface area contributed by atoms with Crippen LogP contribution in [0.3, 0.4) is 0 Å². The number of thiocarbonyl (C=S) groups is 1. The van der Waals surface area contributed by atoms with Crippen LogP contribution >= 0.6 is 24.0 Å². The largest absolute Gasteiger partial charge is 0.508 e. The van der Waals surface area contributed by atoms with Crippen molar-refractivity contribution in [2.45, 2.75) is 0 Å².